The minimum absolute atomic E-state index is 0.0183. The Morgan fingerprint density at radius 2 is 2.11 bits per heavy atom. The van der Waals surface area contributed by atoms with E-state index in [9.17, 15) is 14.4 Å². The largest absolute Gasteiger partial charge is 0.369 e. The highest BCUT2D eigenvalue weighted by Crippen LogP contribution is 2.27. The van der Waals surface area contributed by atoms with Crippen molar-refractivity contribution in [2.75, 3.05) is 0 Å². The first-order chi connectivity index (χ1) is 8.45. The summed E-state index contributed by atoms with van der Waals surface area (Å²) in [6.45, 7) is 1.93. The molecule has 0 radical (unpaired) electrons. The highest BCUT2D eigenvalue weighted by Gasteiger charge is 2.17. The van der Waals surface area contributed by atoms with Crippen LogP contribution in [-0.2, 0) is 24.7 Å². The zero-order valence-corrected chi connectivity index (χ0v) is 10.9. The molecule has 96 valence electrons. The topological polar surface area (TPSA) is 97.9 Å². The van der Waals surface area contributed by atoms with E-state index < -0.39 is 11.6 Å². The fourth-order valence-electron chi connectivity index (χ4n) is 1.91. The Hall–Kier alpha value is -1.89. The van der Waals surface area contributed by atoms with E-state index in [2.05, 4.69) is 4.98 Å². The van der Waals surface area contributed by atoms with Gasteiger partial charge in [-0.3, -0.25) is 19.1 Å². The summed E-state index contributed by atoms with van der Waals surface area (Å²) in [6, 6.07) is 0. The quantitative estimate of drug-likeness (QED) is 0.811. The smallest absolute Gasteiger partial charge is 0.329 e. The van der Waals surface area contributed by atoms with Gasteiger partial charge in [-0.05, 0) is 12.0 Å². The van der Waals surface area contributed by atoms with Crippen LogP contribution in [0.1, 0.15) is 17.4 Å². The Bertz CT molecular complexity index is 738. The van der Waals surface area contributed by atoms with Gasteiger partial charge in [-0.15, -0.1) is 11.3 Å². The van der Waals surface area contributed by atoms with E-state index in [0.717, 1.165) is 9.44 Å². The number of primary amides is 1. The molecule has 0 fully saturated rings. The van der Waals surface area contributed by atoms with Gasteiger partial charge in [-0.2, -0.15) is 0 Å². The first-order valence-electron chi connectivity index (χ1n) is 5.47. The number of thiophene rings is 1. The number of nitrogens with zero attached hydrogens (tertiary/aromatic N) is 1. The lowest BCUT2D eigenvalue weighted by Crippen LogP contribution is -2.32. The van der Waals surface area contributed by atoms with Crippen LogP contribution in [0.3, 0.4) is 0 Å². The predicted molar refractivity (Wildman–Crippen MR) is 70.0 cm³/mol. The summed E-state index contributed by atoms with van der Waals surface area (Å²) >= 11 is 1.33. The Labute approximate surface area is 106 Å². The summed E-state index contributed by atoms with van der Waals surface area (Å²) in [6.07, 6.45) is 0.706. The standard InChI is InChI=1S/C11H13N3O3S/c1-3-6-5(4-7(12)15)8-9(18-6)13-11(17)14(2)10(8)16/h3-4H2,1-2H3,(H2,12,15)(H,13,17). The minimum Gasteiger partial charge on any atom is -0.369 e. The zero-order chi connectivity index (χ0) is 13.4. The van der Waals surface area contributed by atoms with Gasteiger partial charge in [0.2, 0.25) is 5.91 Å². The molecule has 0 aliphatic heterocycles. The van der Waals surface area contributed by atoms with E-state index in [1.165, 1.54) is 18.4 Å². The van der Waals surface area contributed by atoms with Crippen molar-refractivity contribution in [2.45, 2.75) is 19.8 Å². The highest BCUT2D eigenvalue weighted by atomic mass is 32.1. The lowest BCUT2D eigenvalue weighted by Gasteiger charge is -2.00. The molecule has 0 aromatic carbocycles. The molecule has 2 aromatic rings. The molecule has 0 saturated carbocycles. The van der Waals surface area contributed by atoms with Crippen molar-refractivity contribution in [2.24, 2.45) is 12.8 Å². The summed E-state index contributed by atoms with van der Waals surface area (Å²) in [5.74, 6) is -0.488. The second-order valence-electron chi connectivity index (χ2n) is 4.00. The van der Waals surface area contributed by atoms with Crippen molar-refractivity contribution in [1.29, 1.82) is 0 Å². The molecule has 2 heterocycles. The summed E-state index contributed by atoms with van der Waals surface area (Å²) in [4.78, 5) is 38.7. The molecule has 7 heteroatoms. The maximum atomic E-state index is 12.1. The van der Waals surface area contributed by atoms with Crippen LogP contribution >= 0.6 is 11.3 Å². The second kappa shape index (κ2) is 4.41. The summed E-state index contributed by atoms with van der Waals surface area (Å²) in [5, 5.41) is 0.401. The van der Waals surface area contributed by atoms with Crippen LogP contribution in [0.15, 0.2) is 9.59 Å². The van der Waals surface area contributed by atoms with Crippen LogP contribution in [-0.4, -0.2) is 15.5 Å². The van der Waals surface area contributed by atoms with Crippen molar-refractivity contribution in [1.82, 2.24) is 9.55 Å². The van der Waals surface area contributed by atoms with Crippen molar-refractivity contribution in [3.8, 4) is 0 Å². The predicted octanol–water partition coefficient (Wildman–Crippen LogP) is -0.122. The lowest BCUT2D eigenvalue weighted by atomic mass is 10.1. The number of fused-ring (bicyclic) bond motifs is 1. The van der Waals surface area contributed by atoms with Gasteiger partial charge in [-0.1, -0.05) is 6.92 Å². The maximum absolute atomic E-state index is 12.1. The van der Waals surface area contributed by atoms with Gasteiger partial charge in [0.25, 0.3) is 5.56 Å². The number of hydrogen-bond donors (Lipinski definition) is 2. The molecule has 2 rings (SSSR count). The van der Waals surface area contributed by atoms with Crippen LogP contribution in [0.25, 0.3) is 10.2 Å². The van der Waals surface area contributed by atoms with E-state index in [1.54, 1.807) is 0 Å². The number of aryl methyl sites for hydroxylation is 1. The summed E-state index contributed by atoms with van der Waals surface area (Å²) in [5.41, 5.74) is 5.00. The van der Waals surface area contributed by atoms with E-state index in [0.29, 0.717) is 22.2 Å². The lowest BCUT2D eigenvalue weighted by molar-refractivity contribution is -0.117. The van der Waals surface area contributed by atoms with Gasteiger partial charge in [0.05, 0.1) is 11.8 Å². The number of aromatic nitrogens is 2. The Kier molecular flexibility index (Phi) is 3.08. The Balaban J connectivity index is 2.90. The van der Waals surface area contributed by atoms with Crippen molar-refractivity contribution < 1.29 is 4.79 Å². The first kappa shape index (κ1) is 12.6. The highest BCUT2D eigenvalue weighted by molar-refractivity contribution is 7.18. The second-order valence-corrected chi connectivity index (χ2v) is 5.10. The third kappa shape index (κ3) is 1.86. The molecule has 0 aliphatic carbocycles. The average molecular weight is 267 g/mol. The van der Waals surface area contributed by atoms with Crippen LogP contribution in [0.2, 0.25) is 0 Å². The molecular formula is C11H13N3O3S. The van der Waals surface area contributed by atoms with Gasteiger partial charge in [0.15, 0.2) is 0 Å². The van der Waals surface area contributed by atoms with Gasteiger partial charge in [0, 0.05) is 11.9 Å². The molecule has 0 bridgehead atoms. The molecular weight excluding hydrogens is 254 g/mol. The van der Waals surface area contributed by atoms with Crippen LogP contribution in [0.4, 0.5) is 0 Å². The number of carbonyl (C=O) groups excluding carboxylic acids is 1. The molecule has 3 N–H and O–H groups in total. The van der Waals surface area contributed by atoms with E-state index in [1.807, 2.05) is 6.92 Å². The fourth-order valence-corrected chi connectivity index (χ4v) is 3.05. The van der Waals surface area contributed by atoms with Gasteiger partial charge < -0.3 is 5.73 Å². The van der Waals surface area contributed by atoms with Gasteiger partial charge in [0.1, 0.15) is 4.83 Å². The van der Waals surface area contributed by atoms with Crippen LogP contribution in [0.5, 0.6) is 0 Å². The Morgan fingerprint density at radius 3 is 2.67 bits per heavy atom. The van der Waals surface area contributed by atoms with Crippen molar-refractivity contribution in [3.05, 3.63) is 31.3 Å². The normalized spacial score (nSPS) is 11.0. The van der Waals surface area contributed by atoms with Crippen LogP contribution < -0.4 is 17.0 Å². The molecule has 2 aromatic heterocycles. The van der Waals surface area contributed by atoms with Crippen molar-refractivity contribution in [3.63, 3.8) is 0 Å². The molecule has 0 spiro atoms. The van der Waals surface area contributed by atoms with E-state index >= 15 is 0 Å². The number of H-pyrrole nitrogens is 1. The maximum Gasteiger partial charge on any atom is 0.329 e. The third-order valence-electron chi connectivity index (χ3n) is 2.81. The number of nitrogens with one attached hydrogen (secondary N) is 1. The van der Waals surface area contributed by atoms with Gasteiger partial charge in [-0.25, -0.2) is 4.79 Å². The summed E-state index contributed by atoms with van der Waals surface area (Å²) in [7, 11) is 1.40. The first-order valence-corrected chi connectivity index (χ1v) is 6.29. The molecule has 18 heavy (non-hydrogen) atoms. The molecule has 0 saturated heterocycles. The SMILES string of the molecule is CCc1sc2[nH]c(=O)n(C)c(=O)c2c1CC(N)=O. The molecule has 0 aliphatic rings. The minimum atomic E-state index is -0.488. The number of amides is 1. The third-order valence-corrected chi connectivity index (χ3v) is 4.10. The average Bonchev–Trinajstić information content (AvgIpc) is 2.63. The fraction of sp³-hybridized carbons (Fsp3) is 0.364. The molecule has 1 amide bonds. The molecule has 6 nitrogen and oxygen atoms in total. The van der Waals surface area contributed by atoms with E-state index in [4.69, 9.17) is 5.73 Å². The number of hydrogen-bond acceptors (Lipinski definition) is 4. The van der Waals surface area contributed by atoms with E-state index in [-0.39, 0.29) is 12.0 Å². The van der Waals surface area contributed by atoms with Gasteiger partial charge >= 0.3 is 5.69 Å². The number of aromatic amines is 1. The van der Waals surface area contributed by atoms with Crippen molar-refractivity contribution >= 4 is 27.5 Å². The zero-order valence-electron chi connectivity index (χ0n) is 10.1. The number of rotatable bonds is 3. The monoisotopic (exact) mass is 267 g/mol. The molecule has 0 unspecified atom stereocenters. The van der Waals surface area contributed by atoms with Crippen LogP contribution in [0, 0.1) is 0 Å². The summed E-state index contributed by atoms with van der Waals surface area (Å²) < 4.78 is 0.999. The Morgan fingerprint density at radius 1 is 1.44 bits per heavy atom. The number of carbonyl (C=O) groups is 1. The molecule has 0 atom stereocenters. The number of nitrogens with two attached hydrogens (primary N) is 1.